The van der Waals surface area contributed by atoms with Gasteiger partial charge in [0.15, 0.2) is 0 Å². The second-order valence-electron chi connectivity index (χ2n) is 9.06. The van der Waals surface area contributed by atoms with E-state index in [0.29, 0.717) is 5.56 Å². The Labute approximate surface area is 159 Å². The average molecular weight is 373 g/mol. The smallest absolute Gasteiger partial charge is 0.309 e. The van der Waals surface area contributed by atoms with Crippen molar-refractivity contribution in [1.82, 2.24) is 5.32 Å². The van der Waals surface area contributed by atoms with E-state index >= 15 is 0 Å². The number of fused-ring (bicyclic) bond motifs is 3. The molecule has 7 unspecified atom stereocenters. The first-order chi connectivity index (χ1) is 12.8. The van der Waals surface area contributed by atoms with Crippen LogP contribution in [0.25, 0.3) is 0 Å². The van der Waals surface area contributed by atoms with E-state index in [4.69, 9.17) is 4.74 Å². The van der Waals surface area contributed by atoms with Crippen LogP contribution in [0.2, 0.25) is 0 Å². The van der Waals surface area contributed by atoms with Gasteiger partial charge in [-0.2, -0.15) is 0 Å². The lowest BCUT2D eigenvalue weighted by atomic mass is 9.52. The molecule has 0 radical (unpaired) electrons. The number of ether oxygens (including phenoxy) is 1. The molecule has 4 rings (SSSR count). The maximum absolute atomic E-state index is 13.4. The van der Waals surface area contributed by atoms with Crippen molar-refractivity contribution in [2.24, 2.45) is 29.1 Å². The summed E-state index contributed by atoms with van der Waals surface area (Å²) in [6, 6.07) is 5.80. The standard InChI is InChI=1S/C22H28FNO3/c1-12-16-7-9-22(3)10-8-17(13(2)18(22)19(16)27-21(12)26)24-20(25)14-5-4-6-15(23)11-14/h4-6,11-13,16-19H,7-10H2,1-3H3,(H,24,25). The van der Waals surface area contributed by atoms with E-state index in [1.807, 2.05) is 6.92 Å². The maximum Gasteiger partial charge on any atom is 0.309 e. The van der Waals surface area contributed by atoms with E-state index < -0.39 is 5.82 Å². The van der Waals surface area contributed by atoms with Gasteiger partial charge in [-0.05, 0) is 55.2 Å². The fourth-order valence-corrected chi connectivity index (χ4v) is 5.91. The van der Waals surface area contributed by atoms with Gasteiger partial charge in [-0.1, -0.05) is 26.8 Å². The molecule has 1 saturated heterocycles. The van der Waals surface area contributed by atoms with Crippen LogP contribution in [0, 0.1) is 34.9 Å². The summed E-state index contributed by atoms with van der Waals surface area (Å²) in [6.45, 7) is 6.45. The lowest BCUT2D eigenvalue weighted by Crippen LogP contribution is -2.57. The van der Waals surface area contributed by atoms with Crippen LogP contribution in [-0.4, -0.2) is 24.0 Å². The maximum atomic E-state index is 13.4. The molecular weight excluding hydrogens is 345 g/mol. The molecule has 0 aromatic heterocycles. The second kappa shape index (κ2) is 6.61. The summed E-state index contributed by atoms with van der Waals surface area (Å²) in [5.74, 6) is -0.0195. The number of carbonyl (C=O) groups excluding carboxylic acids is 2. The van der Waals surface area contributed by atoms with E-state index in [0.717, 1.165) is 25.7 Å². The van der Waals surface area contributed by atoms with E-state index in [-0.39, 0.29) is 53.1 Å². The van der Waals surface area contributed by atoms with Crippen molar-refractivity contribution in [3.05, 3.63) is 35.6 Å². The van der Waals surface area contributed by atoms with Gasteiger partial charge in [0.25, 0.3) is 5.91 Å². The van der Waals surface area contributed by atoms with E-state index in [2.05, 4.69) is 19.2 Å². The summed E-state index contributed by atoms with van der Waals surface area (Å²) in [4.78, 5) is 24.8. The molecule has 146 valence electrons. The minimum absolute atomic E-state index is 0.00667. The topological polar surface area (TPSA) is 55.4 Å². The average Bonchev–Trinajstić information content (AvgIpc) is 2.91. The highest BCUT2D eigenvalue weighted by Gasteiger charge is 2.58. The van der Waals surface area contributed by atoms with Crippen LogP contribution in [0.5, 0.6) is 0 Å². The molecule has 1 amide bonds. The first-order valence-corrected chi connectivity index (χ1v) is 10.1. The van der Waals surface area contributed by atoms with E-state index in [9.17, 15) is 14.0 Å². The normalized spacial score (nSPS) is 40.7. The van der Waals surface area contributed by atoms with Crippen LogP contribution in [0.15, 0.2) is 24.3 Å². The zero-order valence-corrected chi connectivity index (χ0v) is 16.2. The summed E-state index contributed by atoms with van der Waals surface area (Å²) >= 11 is 0. The van der Waals surface area contributed by atoms with Crippen molar-refractivity contribution < 1.29 is 18.7 Å². The fraction of sp³-hybridized carbons (Fsp3) is 0.636. The molecule has 7 atom stereocenters. The predicted molar refractivity (Wildman–Crippen MR) is 99.4 cm³/mol. The summed E-state index contributed by atoms with van der Waals surface area (Å²) in [5.41, 5.74) is 0.489. The molecule has 4 nitrogen and oxygen atoms in total. The molecule has 1 aromatic rings. The largest absolute Gasteiger partial charge is 0.462 e. The van der Waals surface area contributed by atoms with Crippen LogP contribution in [0.4, 0.5) is 4.39 Å². The Balaban J connectivity index is 1.54. The Kier molecular flexibility index (Phi) is 4.52. The molecule has 0 bridgehead atoms. The summed E-state index contributed by atoms with van der Waals surface area (Å²) in [5, 5.41) is 3.12. The van der Waals surface area contributed by atoms with Crippen LogP contribution in [-0.2, 0) is 9.53 Å². The monoisotopic (exact) mass is 373 g/mol. The number of nitrogens with one attached hydrogen (secondary N) is 1. The molecule has 1 aromatic carbocycles. The van der Waals surface area contributed by atoms with Crippen LogP contribution < -0.4 is 5.32 Å². The molecule has 0 spiro atoms. The van der Waals surface area contributed by atoms with Gasteiger partial charge in [0.1, 0.15) is 11.9 Å². The van der Waals surface area contributed by atoms with Crippen LogP contribution >= 0.6 is 0 Å². The minimum atomic E-state index is -0.408. The SMILES string of the molecule is CC1C(=O)OC2C1CCC1(C)CCC(NC(=O)c3cccc(F)c3)C(C)C21. The van der Waals surface area contributed by atoms with E-state index in [1.165, 1.54) is 12.1 Å². The quantitative estimate of drug-likeness (QED) is 0.799. The number of carbonyl (C=O) groups is 2. The first kappa shape index (κ1) is 18.5. The van der Waals surface area contributed by atoms with Crippen molar-refractivity contribution in [2.75, 3.05) is 0 Å². The van der Waals surface area contributed by atoms with Gasteiger partial charge in [0.05, 0.1) is 5.92 Å². The zero-order valence-electron chi connectivity index (χ0n) is 16.2. The van der Waals surface area contributed by atoms with Gasteiger partial charge in [-0.3, -0.25) is 9.59 Å². The number of hydrogen-bond acceptors (Lipinski definition) is 3. The number of rotatable bonds is 2. The minimum Gasteiger partial charge on any atom is -0.462 e. The molecule has 1 heterocycles. The van der Waals surface area contributed by atoms with E-state index in [1.54, 1.807) is 12.1 Å². The van der Waals surface area contributed by atoms with Gasteiger partial charge in [0.2, 0.25) is 0 Å². The molecule has 1 aliphatic heterocycles. The van der Waals surface area contributed by atoms with Gasteiger partial charge < -0.3 is 10.1 Å². The first-order valence-electron chi connectivity index (χ1n) is 10.1. The zero-order chi connectivity index (χ0) is 19.3. The molecule has 5 heteroatoms. The number of amides is 1. The van der Waals surface area contributed by atoms with Crippen LogP contribution in [0.1, 0.15) is 56.8 Å². The Morgan fingerprint density at radius 3 is 2.74 bits per heavy atom. The third-order valence-electron chi connectivity index (χ3n) is 7.53. The number of esters is 1. The lowest BCUT2D eigenvalue weighted by Gasteiger charge is -2.54. The van der Waals surface area contributed by atoms with Crippen molar-refractivity contribution in [3.63, 3.8) is 0 Å². The number of hydrogen-bond donors (Lipinski definition) is 1. The lowest BCUT2D eigenvalue weighted by molar-refractivity contribution is -0.153. The molecule has 2 aliphatic carbocycles. The molecule has 3 fully saturated rings. The van der Waals surface area contributed by atoms with Crippen molar-refractivity contribution >= 4 is 11.9 Å². The third-order valence-corrected chi connectivity index (χ3v) is 7.53. The number of halogens is 1. The Morgan fingerprint density at radius 1 is 1.26 bits per heavy atom. The van der Waals surface area contributed by atoms with Crippen molar-refractivity contribution in [1.29, 1.82) is 0 Å². The van der Waals surface area contributed by atoms with Gasteiger partial charge in [-0.25, -0.2) is 4.39 Å². The third kappa shape index (κ3) is 3.05. The molecule has 2 saturated carbocycles. The highest BCUT2D eigenvalue weighted by atomic mass is 19.1. The Morgan fingerprint density at radius 2 is 2.00 bits per heavy atom. The second-order valence-corrected chi connectivity index (χ2v) is 9.06. The molecule has 1 N–H and O–H groups in total. The predicted octanol–water partition coefficient (Wildman–Crippen LogP) is 3.95. The molecule has 3 aliphatic rings. The Hall–Kier alpha value is -1.91. The van der Waals surface area contributed by atoms with Gasteiger partial charge >= 0.3 is 5.97 Å². The number of benzene rings is 1. The summed E-state index contributed by atoms with van der Waals surface area (Å²) in [6.07, 6.45) is 4.00. The van der Waals surface area contributed by atoms with Gasteiger partial charge in [-0.15, -0.1) is 0 Å². The Bertz CT molecular complexity index is 766. The summed E-state index contributed by atoms with van der Waals surface area (Å²) < 4.78 is 19.3. The highest BCUT2D eigenvalue weighted by Crippen LogP contribution is 2.57. The highest BCUT2D eigenvalue weighted by molar-refractivity contribution is 5.94. The summed E-state index contributed by atoms with van der Waals surface area (Å²) in [7, 11) is 0. The van der Waals surface area contributed by atoms with Crippen molar-refractivity contribution in [3.8, 4) is 0 Å². The molecular formula is C22H28FNO3. The fourth-order valence-electron chi connectivity index (χ4n) is 5.91. The van der Waals surface area contributed by atoms with Crippen LogP contribution in [0.3, 0.4) is 0 Å². The van der Waals surface area contributed by atoms with Crippen molar-refractivity contribution in [2.45, 2.75) is 58.6 Å². The van der Waals surface area contributed by atoms with Gasteiger partial charge in [0, 0.05) is 23.4 Å². The molecule has 27 heavy (non-hydrogen) atoms.